The fourth-order valence-electron chi connectivity index (χ4n) is 1.16. The van der Waals surface area contributed by atoms with Gasteiger partial charge in [-0.05, 0) is 11.6 Å². The van der Waals surface area contributed by atoms with Crippen LogP contribution in [0, 0.1) is 22.5 Å². The van der Waals surface area contributed by atoms with Gasteiger partial charge >= 0.3 is 5.97 Å². The molecule has 0 atom stereocenters. The summed E-state index contributed by atoms with van der Waals surface area (Å²) in [6, 6.07) is 5.94. The lowest BCUT2D eigenvalue weighted by Gasteiger charge is -1.97. The van der Waals surface area contributed by atoms with Crippen molar-refractivity contribution < 1.29 is 14.5 Å². The van der Waals surface area contributed by atoms with E-state index in [4.69, 9.17) is 11.2 Å². The zero-order valence-corrected chi connectivity index (χ0v) is 9.54. The van der Waals surface area contributed by atoms with Gasteiger partial charge in [-0.15, -0.1) is 12.3 Å². The van der Waals surface area contributed by atoms with Gasteiger partial charge in [0.2, 0.25) is 0 Å². The molecule has 1 rings (SSSR count). The van der Waals surface area contributed by atoms with E-state index in [1.807, 2.05) is 0 Å². The normalized spacial score (nSPS) is 9.94. The molecule has 5 nitrogen and oxygen atoms in total. The van der Waals surface area contributed by atoms with Crippen molar-refractivity contribution in [2.45, 2.75) is 6.42 Å². The molecular weight excluding hydrogens is 234 g/mol. The molecule has 0 spiro atoms. The summed E-state index contributed by atoms with van der Waals surface area (Å²) in [5, 5.41) is 10.5. The predicted molar refractivity (Wildman–Crippen MR) is 66.5 cm³/mol. The van der Waals surface area contributed by atoms with Crippen LogP contribution in [0.4, 0.5) is 5.69 Å². The zero-order valence-electron chi connectivity index (χ0n) is 9.54. The van der Waals surface area contributed by atoms with Gasteiger partial charge in [0.25, 0.3) is 5.69 Å². The van der Waals surface area contributed by atoms with Gasteiger partial charge in [0.05, 0.1) is 4.92 Å². The summed E-state index contributed by atoms with van der Waals surface area (Å²) >= 11 is 0. The summed E-state index contributed by atoms with van der Waals surface area (Å²) in [5.74, 6) is 1.81. The third-order valence-electron chi connectivity index (χ3n) is 1.98. The smallest absolute Gasteiger partial charge is 0.330 e. The van der Waals surface area contributed by atoms with E-state index in [1.165, 1.54) is 24.3 Å². The van der Waals surface area contributed by atoms with E-state index >= 15 is 0 Å². The molecule has 0 aliphatic rings. The Morgan fingerprint density at radius 1 is 1.56 bits per heavy atom. The van der Waals surface area contributed by atoms with Crippen LogP contribution in [0.1, 0.15) is 12.0 Å². The van der Waals surface area contributed by atoms with Gasteiger partial charge in [-0.1, -0.05) is 12.1 Å². The highest BCUT2D eigenvalue weighted by atomic mass is 16.6. The van der Waals surface area contributed by atoms with E-state index in [0.29, 0.717) is 12.0 Å². The van der Waals surface area contributed by atoms with Gasteiger partial charge < -0.3 is 4.74 Å². The number of nitrogens with zero attached hydrogens (tertiary/aromatic N) is 1. The highest BCUT2D eigenvalue weighted by Crippen LogP contribution is 2.14. The Bertz CT molecular complexity index is 514. The average molecular weight is 245 g/mol. The molecule has 0 bridgehead atoms. The minimum absolute atomic E-state index is 0.0298. The standard InChI is InChI=1S/C13H11NO4/c1-2-3-9-18-13(15)8-7-11-5-4-6-12(10-11)14(16)17/h1,4-8,10H,3,9H2/b8-7+. The van der Waals surface area contributed by atoms with Gasteiger partial charge in [-0.25, -0.2) is 4.79 Å². The second-order valence-electron chi connectivity index (χ2n) is 3.31. The van der Waals surface area contributed by atoms with Crippen molar-refractivity contribution in [2.75, 3.05) is 6.61 Å². The van der Waals surface area contributed by atoms with Crippen LogP contribution in [0.15, 0.2) is 30.3 Å². The molecule has 0 heterocycles. The Balaban J connectivity index is 2.61. The molecule has 0 amide bonds. The molecule has 0 unspecified atom stereocenters. The summed E-state index contributed by atoms with van der Waals surface area (Å²) in [5.41, 5.74) is 0.524. The number of non-ortho nitro benzene ring substituents is 1. The minimum atomic E-state index is -0.531. The first kappa shape index (κ1) is 13.5. The summed E-state index contributed by atoms with van der Waals surface area (Å²) in [6.07, 6.45) is 8.01. The number of nitro benzene ring substituents is 1. The van der Waals surface area contributed by atoms with Crippen LogP contribution in [0.5, 0.6) is 0 Å². The van der Waals surface area contributed by atoms with Gasteiger partial charge in [0, 0.05) is 24.6 Å². The molecule has 1 aromatic carbocycles. The molecule has 0 fully saturated rings. The molecule has 18 heavy (non-hydrogen) atoms. The maximum atomic E-state index is 11.2. The first-order valence-electron chi connectivity index (χ1n) is 5.16. The van der Waals surface area contributed by atoms with Crippen LogP contribution in [0.25, 0.3) is 6.08 Å². The van der Waals surface area contributed by atoms with Gasteiger partial charge in [0.1, 0.15) is 6.61 Å². The van der Waals surface area contributed by atoms with Crippen LogP contribution in [0.2, 0.25) is 0 Å². The van der Waals surface area contributed by atoms with Crippen LogP contribution < -0.4 is 0 Å². The Kier molecular flexibility index (Phi) is 5.13. The van der Waals surface area contributed by atoms with Gasteiger partial charge in [-0.3, -0.25) is 10.1 Å². The molecule has 0 aliphatic carbocycles. The van der Waals surface area contributed by atoms with Crippen molar-refractivity contribution in [3.8, 4) is 12.3 Å². The largest absolute Gasteiger partial charge is 0.462 e. The monoisotopic (exact) mass is 245 g/mol. The van der Waals surface area contributed by atoms with Crippen molar-refractivity contribution in [3.63, 3.8) is 0 Å². The average Bonchev–Trinajstić information content (AvgIpc) is 2.37. The van der Waals surface area contributed by atoms with Crippen LogP contribution >= 0.6 is 0 Å². The second-order valence-corrected chi connectivity index (χ2v) is 3.31. The molecule has 0 N–H and O–H groups in total. The topological polar surface area (TPSA) is 69.4 Å². The SMILES string of the molecule is C#CCCOC(=O)/C=C/c1cccc([N+](=O)[O-])c1. The van der Waals surface area contributed by atoms with Crippen molar-refractivity contribution >= 4 is 17.7 Å². The van der Waals surface area contributed by atoms with Crippen molar-refractivity contribution in [1.29, 1.82) is 0 Å². The molecule has 92 valence electrons. The molecule has 1 aromatic rings. The van der Waals surface area contributed by atoms with E-state index < -0.39 is 10.9 Å². The fraction of sp³-hybridized carbons (Fsp3) is 0.154. The highest BCUT2D eigenvalue weighted by molar-refractivity contribution is 5.87. The van der Waals surface area contributed by atoms with Crippen LogP contribution in [-0.2, 0) is 9.53 Å². The van der Waals surface area contributed by atoms with Crippen molar-refractivity contribution in [2.24, 2.45) is 0 Å². The van der Waals surface area contributed by atoms with Crippen molar-refractivity contribution in [1.82, 2.24) is 0 Å². The molecule has 0 aliphatic heterocycles. The molecule has 0 saturated carbocycles. The first-order valence-corrected chi connectivity index (χ1v) is 5.16. The Morgan fingerprint density at radius 2 is 2.33 bits per heavy atom. The van der Waals surface area contributed by atoms with E-state index in [-0.39, 0.29) is 12.3 Å². The lowest BCUT2D eigenvalue weighted by Crippen LogP contribution is -2.01. The molecule has 0 radical (unpaired) electrons. The van der Waals surface area contributed by atoms with E-state index in [9.17, 15) is 14.9 Å². The highest BCUT2D eigenvalue weighted by Gasteiger charge is 2.04. The minimum Gasteiger partial charge on any atom is -0.462 e. The number of benzene rings is 1. The first-order chi connectivity index (χ1) is 8.63. The Hall–Kier alpha value is -2.61. The van der Waals surface area contributed by atoms with Crippen LogP contribution in [-0.4, -0.2) is 17.5 Å². The summed E-state index contributed by atoms with van der Waals surface area (Å²) in [6.45, 7) is 0.161. The van der Waals surface area contributed by atoms with Crippen LogP contribution in [0.3, 0.4) is 0 Å². The number of rotatable bonds is 5. The predicted octanol–water partition coefficient (Wildman–Crippen LogP) is 2.17. The summed E-state index contributed by atoms with van der Waals surface area (Å²) in [7, 11) is 0. The Morgan fingerprint density at radius 3 is 3.00 bits per heavy atom. The number of ether oxygens (including phenoxy) is 1. The number of carbonyl (C=O) groups excluding carboxylic acids is 1. The zero-order chi connectivity index (χ0) is 13.4. The number of nitro groups is 1. The molecular formula is C13H11NO4. The fourth-order valence-corrected chi connectivity index (χ4v) is 1.16. The molecule has 5 heteroatoms. The van der Waals surface area contributed by atoms with E-state index in [1.54, 1.807) is 12.1 Å². The maximum Gasteiger partial charge on any atom is 0.330 e. The second kappa shape index (κ2) is 6.86. The third-order valence-corrected chi connectivity index (χ3v) is 1.98. The molecule has 0 saturated heterocycles. The number of terminal acetylenes is 1. The summed E-state index contributed by atoms with van der Waals surface area (Å²) in [4.78, 5) is 21.2. The molecule has 0 aromatic heterocycles. The number of hydrogen-bond donors (Lipinski definition) is 0. The number of hydrogen-bond acceptors (Lipinski definition) is 4. The third kappa shape index (κ3) is 4.49. The van der Waals surface area contributed by atoms with Crippen molar-refractivity contribution in [3.05, 3.63) is 46.0 Å². The number of esters is 1. The summed E-state index contributed by atoms with van der Waals surface area (Å²) < 4.78 is 4.78. The number of carbonyl (C=O) groups is 1. The maximum absolute atomic E-state index is 11.2. The lowest BCUT2D eigenvalue weighted by molar-refractivity contribution is -0.384. The van der Waals surface area contributed by atoms with E-state index in [2.05, 4.69) is 5.92 Å². The van der Waals surface area contributed by atoms with Gasteiger partial charge in [0.15, 0.2) is 0 Å². The lowest BCUT2D eigenvalue weighted by atomic mass is 10.2. The Labute approximate surface area is 104 Å². The van der Waals surface area contributed by atoms with Gasteiger partial charge in [-0.2, -0.15) is 0 Å². The quantitative estimate of drug-likeness (QED) is 0.199. The van der Waals surface area contributed by atoms with E-state index in [0.717, 1.165) is 0 Å².